The largest absolute Gasteiger partial charge is 0.374 e. The van der Waals surface area contributed by atoms with Crippen LogP contribution in [0.5, 0.6) is 0 Å². The maximum Gasteiger partial charge on any atom is 0.253 e. The van der Waals surface area contributed by atoms with Crippen LogP contribution in [0.25, 0.3) is 0 Å². The summed E-state index contributed by atoms with van der Waals surface area (Å²) < 4.78 is 18.9. The van der Waals surface area contributed by atoms with Gasteiger partial charge in [0.1, 0.15) is 5.82 Å². The number of amides is 1. The Balaban J connectivity index is 2.77. The zero-order chi connectivity index (χ0) is 14.5. The van der Waals surface area contributed by atoms with Crippen LogP contribution in [0.4, 0.5) is 10.1 Å². The molecule has 0 saturated heterocycles. The van der Waals surface area contributed by atoms with Gasteiger partial charge in [0.15, 0.2) is 0 Å². The van der Waals surface area contributed by atoms with Gasteiger partial charge in [-0.1, -0.05) is 6.07 Å². The molecule has 106 valence electrons. The number of nitrogen functional groups attached to an aromatic ring is 1. The second-order valence-electron chi connectivity index (χ2n) is 4.68. The summed E-state index contributed by atoms with van der Waals surface area (Å²) in [6, 6.07) is 4.19. The Labute approximate surface area is 112 Å². The predicted molar refractivity (Wildman–Crippen MR) is 72.2 cm³/mol. The molecule has 0 aromatic heterocycles. The SMILES string of the molecule is CCOC(C)(C)CNC(=O)c1cccc(F)c1NN. The van der Waals surface area contributed by atoms with Crippen LogP contribution in [0.2, 0.25) is 0 Å². The molecule has 1 rings (SSSR count). The van der Waals surface area contributed by atoms with E-state index in [0.717, 1.165) is 0 Å². The molecule has 0 fully saturated rings. The molecule has 1 aromatic carbocycles. The molecule has 0 spiro atoms. The summed E-state index contributed by atoms with van der Waals surface area (Å²) >= 11 is 0. The number of halogens is 1. The molecular formula is C13H20FN3O2. The zero-order valence-corrected chi connectivity index (χ0v) is 11.4. The summed E-state index contributed by atoms with van der Waals surface area (Å²) in [4.78, 5) is 12.0. The molecule has 5 nitrogen and oxygen atoms in total. The molecule has 0 saturated carbocycles. The number of para-hydroxylation sites is 1. The average Bonchev–Trinajstić information content (AvgIpc) is 2.35. The third kappa shape index (κ3) is 4.18. The second kappa shape index (κ2) is 6.49. The first kappa shape index (κ1) is 15.4. The summed E-state index contributed by atoms with van der Waals surface area (Å²) in [5.74, 6) is 4.25. The van der Waals surface area contributed by atoms with Crippen LogP contribution < -0.4 is 16.6 Å². The minimum absolute atomic E-state index is 0.0192. The Morgan fingerprint density at radius 1 is 1.47 bits per heavy atom. The molecule has 0 heterocycles. The summed E-state index contributed by atoms with van der Waals surface area (Å²) in [6.45, 7) is 6.49. The van der Waals surface area contributed by atoms with E-state index in [2.05, 4.69) is 10.7 Å². The van der Waals surface area contributed by atoms with Crippen LogP contribution in [0, 0.1) is 5.82 Å². The van der Waals surface area contributed by atoms with E-state index in [4.69, 9.17) is 10.6 Å². The molecule has 0 aliphatic rings. The lowest BCUT2D eigenvalue weighted by molar-refractivity contribution is -0.00815. The van der Waals surface area contributed by atoms with Gasteiger partial charge in [-0.2, -0.15) is 0 Å². The number of hydrazine groups is 1. The van der Waals surface area contributed by atoms with E-state index in [0.29, 0.717) is 13.2 Å². The highest BCUT2D eigenvalue weighted by Crippen LogP contribution is 2.18. The van der Waals surface area contributed by atoms with Crippen LogP contribution in [0.3, 0.4) is 0 Å². The van der Waals surface area contributed by atoms with Gasteiger partial charge in [-0.05, 0) is 32.9 Å². The highest BCUT2D eigenvalue weighted by molar-refractivity contribution is 5.99. The fourth-order valence-electron chi connectivity index (χ4n) is 1.69. The minimum Gasteiger partial charge on any atom is -0.374 e. The van der Waals surface area contributed by atoms with Gasteiger partial charge in [0.2, 0.25) is 0 Å². The molecule has 6 heteroatoms. The summed E-state index contributed by atoms with van der Waals surface area (Å²) in [5.41, 5.74) is 1.86. The van der Waals surface area contributed by atoms with Crippen LogP contribution in [0.15, 0.2) is 18.2 Å². The summed E-state index contributed by atoms with van der Waals surface area (Å²) in [7, 11) is 0. The second-order valence-corrected chi connectivity index (χ2v) is 4.68. The topological polar surface area (TPSA) is 76.4 Å². The first-order chi connectivity index (χ1) is 8.91. The van der Waals surface area contributed by atoms with Gasteiger partial charge in [0.25, 0.3) is 5.91 Å². The lowest BCUT2D eigenvalue weighted by atomic mass is 10.1. The molecule has 0 aliphatic heterocycles. The summed E-state index contributed by atoms with van der Waals surface area (Å²) in [6.07, 6.45) is 0. The number of benzene rings is 1. The number of hydrogen-bond acceptors (Lipinski definition) is 4. The first-order valence-electron chi connectivity index (χ1n) is 6.08. The van der Waals surface area contributed by atoms with Crippen molar-refractivity contribution in [3.05, 3.63) is 29.6 Å². The van der Waals surface area contributed by atoms with Crippen molar-refractivity contribution in [1.82, 2.24) is 5.32 Å². The number of nitrogens with one attached hydrogen (secondary N) is 2. The molecule has 4 N–H and O–H groups in total. The monoisotopic (exact) mass is 269 g/mol. The fraction of sp³-hybridized carbons (Fsp3) is 0.462. The molecular weight excluding hydrogens is 249 g/mol. The Hall–Kier alpha value is -1.66. The molecule has 19 heavy (non-hydrogen) atoms. The van der Waals surface area contributed by atoms with Crippen molar-refractivity contribution in [2.75, 3.05) is 18.6 Å². The lowest BCUT2D eigenvalue weighted by Gasteiger charge is -2.25. The van der Waals surface area contributed by atoms with E-state index in [1.807, 2.05) is 20.8 Å². The Bertz CT molecular complexity index is 450. The number of carbonyl (C=O) groups excluding carboxylic acids is 1. The van der Waals surface area contributed by atoms with Gasteiger partial charge < -0.3 is 15.5 Å². The number of nitrogens with two attached hydrogens (primary N) is 1. The third-order valence-corrected chi connectivity index (χ3v) is 2.61. The number of hydrogen-bond donors (Lipinski definition) is 3. The molecule has 0 radical (unpaired) electrons. The van der Waals surface area contributed by atoms with Crippen LogP contribution in [-0.2, 0) is 4.74 Å². The molecule has 1 aromatic rings. The van der Waals surface area contributed by atoms with Gasteiger partial charge in [0, 0.05) is 13.2 Å². The van der Waals surface area contributed by atoms with Crippen molar-refractivity contribution in [2.24, 2.45) is 5.84 Å². The predicted octanol–water partition coefficient (Wildman–Crippen LogP) is 1.66. The van der Waals surface area contributed by atoms with E-state index in [1.165, 1.54) is 18.2 Å². The zero-order valence-electron chi connectivity index (χ0n) is 11.4. The Morgan fingerprint density at radius 3 is 2.74 bits per heavy atom. The normalized spacial score (nSPS) is 11.2. The number of carbonyl (C=O) groups is 1. The van der Waals surface area contributed by atoms with Crippen molar-refractivity contribution in [3.63, 3.8) is 0 Å². The average molecular weight is 269 g/mol. The van der Waals surface area contributed by atoms with Crippen molar-refractivity contribution in [1.29, 1.82) is 0 Å². The molecule has 1 amide bonds. The van der Waals surface area contributed by atoms with Crippen LogP contribution >= 0.6 is 0 Å². The summed E-state index contributed by atoms with van der Waals surface area (Å²) in [5, 5.41) is 2.70. The number of anilines is 1. The molecule has 0 bridgehead atoms. The van der Waals surface area contributed by atoms with E-state index in [-0.39, 0.29) is 11.3 Å². The minimum atomic E-state index is -0.570. The van der Waals surface area contributed by atoms with Crippen molar-refractivity contribution < 1.29 is 13.9 Å². The van der Waals surface area contributed by atoms with Gasteiger partial charge in [-0.15, -0.1) is 0 Å². The van der Waals surface area contributed by atoms with E-state index < -0.39 is 17.3 Å². The van der Waals surface area contributed by atoms with Gasteiger partial charge in [0.05, 0.1) is 16.9 Å². The van der Waals surface area contributed by atoms with E-state index in [9.17, 15) is 9.18 Å². The first-order valence-corrected chi connectivity index (χ1v) is 6.08. The Kier molecular flexibility index (Phi) is 5.26. The van der Waals surface area contributed by atoms with E-state index >= 15 is 0 Å². The van der Waals surface area contributed by atoms with Gasteiger partial charge in [-0.3, -0.25) is 10.6 Å². The quantitative estimate of drug-likeness (QED) is 0.542. The lowest BCUT2D eigenvalue weighted by Crippen LogP contribution is -2.40. The maximum atomic E-state index is 13.5. The Morgan fingerprint density at radius 2 is 2.16 bits per heavy atom. The fourth-order valence-corrected chi connectivity index (χ4v) is 1.69. The van der Waals surface area contributed by atoms with Crippen molar-refractivity contribution >= 4 is 11.6 Å². The number of rotatable bonds is 6. The maximum absolute atomic E-state index is 13.5. The van der Waals surface area contributed by atoms with Gasteiger partial charge in [-0.25, -0.2) is 4.39 Å². The van der Waals surface area contributed by atoms with Crippen molar-refractivity contribution in [2.45, 2.75) is 26.4 Å². The van der Waals surface area contributed by atoms with E-state index in [1.54, 1.807) is 0 Å². The smallest absolute Gasteiger partial charge is 0.253 e. The molecule has 0 unspecified atom stereocenters. The van der Waals surface area contributed by atoms with Crippen LogP contribution in [-0.4, -0.2) is 24.7 Å². The van der Waals surface area contributed by atoms with Gasteiger partial charge >= 0.3 is 0 Å². The molecule has 0 atom stereocenters. The standard InChI is InChI=1S/C13H20FN3O2/c1-4-19-13(2,3)8-16-12(18)9-6-5-7-10(14)11(9)17-15/h5-7,17H,4,8,15H2,1-3H3,(H,16,18). The van der Waals surface area contributed by atoms with Crippen LogP contribution in [0.1, 0.15) is 31.1 Å². The number of ether oxygens (including phenoxy) is 1. The highest BCUT2D eigenvalue weighted by Gasteiger charge is 2.20. The molecule has 0 aliphatic carbocycles. The van der Waals surface area contributed by atoms with Crippen molar-refractivity contribution in [3.8, 4) is 0 Å². The highest BCUT2D eigenvalue weighted by atomic mass is 19.1. The third-order valence-electron chi connectivity index (χ3n) is 2.61.